The number of thioether (sulfide) groups is 1. The number of hydrogen-bond acceptors (Lipinski definition) is 7. The molecule has 30 heavy (non-hydrogen) atoms. The van der Waals surface area contributed by atoms with Crippen molar-refractivity contribution in [3.63, 3.8) is 0 Å². The van der Waals surface area contributed by atoms with E-state index in [-0.39, 0.29) is 17.1 Å². The molecule has 0 aliphatic carbocycles. The smallest absolute Gasteiger partial charge is 0.271 e. The standard InChI is InChI=1S/C19H23N3O6S2/c1-28-18-10-9-15(22(24)25)13-17(18)21(30(2,26)27)14-19(23)20-11-6-12-29-16-7-4-3-5-8-16/h3-5,7-10,13H,6,11-12,14H2,1-2H3,(H,20,23). The fourth-order valence-electron chi connectivity index (χ4n) is 2.56. The summed E-state index contributed by atoms with van der Waals surface area (Å²) in [5, 5.41) is 13.8. The number of hydrogen-bond donors (Lipinski definition) is 1. The van der Waals surface area contributed by atoms with E-state index < -0.39 is 27.4 Å². The number of nitrogens with zero attached hydrogens (tertiary/aromatic N) is 2. The molecule has 9 nitrogen and oxygen atoms in total. The third-order valence-electron chi connectivity index (χ3n) is 3.98. The molecule has 0 aromatic heterocycles. The minimum absolute atomic E-state index is 0.0658. The summed E-state index contributed by atoms with van der Waals surface area (Å²) in [6.45, 7) is -0.134. The number of ether oxygens (including phenoxy) is 1. The minimum atomic E-state index is -3.89. The summed E-state index contributed by atoms with van der Waals surface area (Å²) >= 11 is 1.66. The van der Waals surface area contributed by atoms with Gasteiger partial charge >= 0.3 is 0 Å². The van der Waals surface area contributed by atoms with E-state index in [0.29, 0.717) is 13.0 Å². The van der Waals surface area contributed by atoms with E-state index in [9.17, 15) is 23.3 Å². The van der Waals surface area contributed by atoms with Crippen LogP contribution in [0.25, 0.3) is 0 Å². The summed E-state index contributed by atoms with van der Waals surface area (Å²) in [4.78, 5) is 23.9. The van der Waals surface area contributed by atoms with Crippen molar-refractivity contribution in [1.82, 2.24) is 5.32 Å². The maximum absolute atomic E-state index is 12.3. The second-order valence-electron chi connectivity index (χ2n) is 6.25. The van der Waals surface area contributed by atoms with Crippen LogP contribution in [0.3, 0.4) is 0 Å². The summed E-state index contributed by atoms with van der Waals surface area (Å²) < 4.78 is 30.5. The zero-order valence-corrected chi connectivity index (χ0v) is 18.2. The van der Waals surface area contributed by atoms with Gasteiger partial charge in [-0.25, -0.2) is 8.42 Å². The van der Waals surface area contributed by atoms with Gasteiger partial charge in [0.1, 0.15) is 18.0 Å². The van der Waals surface area contributed by atoms with Crippen molar-refractivity contribution in [2.45, 2.75) is 11.3 Å². The number of nitro benzene ring substituents is 1. The number of non-ortho nitro benzene ring substituents is 1. The highest BCUT2D eigenvalue weighted by molar-refractivity contribution is 7.99. The van der Waals surface area contributed by atoms with Crippen LogP contribution in [0.15, 0.2) is 53.4 Å². The fourth-order valence-corrected chi connectivity index (χ4v) is 4.29. The van der Waals surface area contributed by atoms with Crippen LogP contribution in [0.1, 0.15) is 6.42 Å². The average Bonchev–Trinajstić information content (AvgIpc) is 2.71. The molecular formula is C19H23N3O6S2. The van der Waals surface area contributed by atoms with Crippen LogP contribution < -0.4 is 14.4 Å². The molecule has 0 saturated carbocycles. The van der Waals surface area contributed by atoms with Crippen LogP contribution >= 0.6 is 11.8 Å². The first kappa shape index (κ1) is 23.5. The summed E-state index contributed by atoms with van der Waals surface area (Å²) in [5.41, 5.74) is -0.373. The minimum Gasteiger partial charge on any atom is -0.495 e. The Bertz CT molecular complexity index is 983. The molecule has 0 atom stereocenters. The number of nitrogens with one attached hydrogen (secondary N) is 1. The lowest BCUT2D eigenvalue weighted by Crippen LogP contribution is -2.40. The molecule has 0 aliphatic heterocycles. The van der Waals surface area contributed by atoms with Crippen LogP contribution in [0.4, 0.5) is 11.4 Å². The number of carbonyl (C=O) groups is 1. The number of benzene rings is 2. The molecule has 0 fully saturated rings. The number of nitro groups is 1. The Morgan fingerprint density at radius 3 is 2.53 bits per heavy atom. The zero-order valence-electron chi connectivity index (χ0n) is 16.6. The molecule has 0 radical (unpaired) electrons. The van der Waals surface area contributed by atoms with Crippen molar-refractivity contribution in [3.05, 3.63) is 58.6 Å². The Morgan fingerprint density at radius 1 is 1.23 bits per heavy atom. The lowest BCUT2D eigenvalue weighted by atomic mass is 10.2. The van der Waals surface area contributed by atoms with Gasteiger partial charge in [-0.1, -0.05) is 18.2 Å². The fraction of sp³-hybridized carbons (Fsp3) is 0.316. The number of amides is 1. The lowest BCUT2D eigenvalue weighted by molar-refractivity contribution is -0.384. The molecule has 0 saturated heterocycles. The van der Waals surface area contributed by atoms with Gasteiger partial charge in [0.15, 0.2) is 0 Å². The molecule has 2 rings (SSSR count). The topological polar surface area (TPSA) is 119 Å². The molecule has 1 N–H and O–H groups in total. The maximum atomic E-state index is 12.3. The molecule has 0 aliphatic rings. The summed E-state index contributed by atoms with van der Waals surface area (Å²) in [6.07, 6.45) is 1.62. The van der Waals surface area contributed by atoms with Crippen LogP contribution in [0.2, 0.25) is 0 Å². The predicted octanol–water partition coefficient (Wildman–Crippen LogP) is 2.67. The summed E-state index contributed by atoms with van der Waals surface area (Å²) in [7, 11) is -2.58. The molecule has 0 bridgehead atoms. The zero-order chi connectivity index (χ0) is 22.1. The SMILES string of the molecule is COc1ccc([N+](=O)[O-])cc1N(CC(=O)NCCCSc1ccccc1)S(C)(=O)=O. The van der Waals surface area contributed by atoms with Gasteiger partial charge in [-0.05, 0) is 30.4 Å². The third-order valence-corrected chi connectivity index (χ3v) is 6.21. The number of methoxy groups -OCH3 is 1. The van der Waals surface area contributed by atoms with Crippen LogP contribution in [-0.4, -0.2) is 51.5 Å². The highest BCUT2D eigenvalue weighted by Gasteiger charge is 2.26. The van der Waals surface area contributed by atoms with Crippen molar-refractivity contribution in [2.75, 3.05) is 36.5 Å². The molecule has 0 spiro atoms. The van der Waals surface area contributed by atoms with E-state index in [1.165, 1.54) is 19.2 Å². The summed E-state index contributed by atoms with van der Waals surface area (Å²) in [6, 6.07) is 13.4. The van der Waals surface area contributed by atoms with Crippen molar-refractivity contribution in [2.24, 2.45) is 0 Å². The monoisotopic (exact) mass is 453 g/mol. The Balaban J connectivity index is 2.00. The van der Waals surface area contributed by atoms with Gasteiger partial charge in [0.2, 0.25) is 15.9 Å². The maximum Gasteiger partial charge on any atom is 0.271 e. The molecule has 0 heterocycles. The van der Waals surface area contributed by atoms with Gasteiger partial charge in [0.05, 0.1) is 18.3 Å². The Labute approximate surface area is 179 Å². The van der Waals surface area contributed by atoms with Crippen molar-refractivity contribution < 1.29 is 22.9 Å². The van der Waals surface area contributed by atoms with E-state index in [1.54, 1.807) is 11.8 Å². The van der Waals surface area contributed by atoms with E-state index in [1.807, 2.05) is 30.3 Å². The highest BCUT2D eigenvalue weighted by atomic mass is 32.2. The number of anilines is 1. The first-order valence-corrected chi connectivity index (χ1v) is 11.8. The highest BCUT2D eigenvalue weighted by Crippen LogP contribution is 2.33. The van der Waals surface area contributed by atoms with Gasteiger partial charge in [-0.15, -0.1) is 11.8 Å². The Kier molecular flexibility index (Phi) is 8.48. The van der Waals surface area contributed by atoms with Crippen LogP contribution in [-0.2, 0) is 14.8 Å². The van der Waals surface area contributed by atoms with Gasteiger partial charge in [0, 0.05) is 23.6 Å². The van der Waals surface area contributed by atoms with Crippen molar-refractivity contribution in [1.29, 1.82) is 0 Å². The van der Waals surface area contributed by atoms with E-state index in [4.69, 9.17) is 4.74 Å². The van der Waals surface area contributed by atoms with Gasteiger partial charge < -0.3 is 10.1 Å². The molecular weight excluding hydrogens is 430 g/mol. The molecule has 2 aromatic carbocycles. The molecule has 11 heteroatoms. The molecule has 0 unspecified atom stereocenters. The third kappa shape index (κ3) is 6.92. The largest absolute Gasteiger partial charge is 0.495 e. The number of sulfonamides is 1. The van der Waals surface area contributed by atoms with Crippen molar-refractivity contribution in [3.8, 4) is 5.75 Å². The van der Waals surface area contributed by atoms with Gasteiger partial charge in [-0.2, -0.15) is 0 Å². The first-order valence-electron chi connectivity index (χ1n) is 8.97. The predicted molar refractivity (Wildman–Crippen MR) is 117 cm³/mol. The normalized spacial score (nSPS) is 11.0. The molecule has 2 aromatic rings. The van der Waals surface area contributed by atoms with Crippen LogP contribution in [0.5, 0.6) is 5.75 Å². The first-order chi connectivity index (χ1) is 14.2. The Hall–Kier alpha value is -2.79. The van der Waals surface area contributed by atoms with E-state index >= 15 is 0 Å². The number of carbonyl (C=O) groups excluding carboxylic acids is 1. The van der Waals surface area contributed by atoms with Crippen LogP contribution in [0, 0.1) is 10.1 Å². The van der Waals surface area contributed by atoms with Gasteiger partial charge in [0.25, 0.3) is 5.69 Å². The molecule has 1 amide bonds. The lowest BCUT2D eigenvalue weighted by Gasteiger charge is -2.23. The van der Waals surface area contributed by atoms with E-state index in [0.717, 1.165) is 27.3 Å². The average molecular weight is 454 g/mol. The summed E-state index contributed by atoms with van der Waals surface area (Å²) in [5.74, 6) is 0.385. The van der Waals surface area contributed by atoms with E-state index in [2.05, 4.69) is 5.32 Å². The molecule has 162 valence electrons. The van der Waals surface area contributed by atoms with Gasteiger partial charge in [-0.3, -0.25) is 19.2 Å². The second kappa shape index (κ2) is 10.8. The second-order valence-corrected chi connectivity index (χ2v) is 9.32. The van der Waals surface area contributed by atoms with Crippen molar-refractivity contribution >= 4 is 39.1 Å². The Morgan fingerprint density at radius 2 is 1.93 bits per heavy atom. The quantitative estimate of drug-likeness (QED) is 0.240. The number of rotatable bonds is 11.